The van der Waals surface area contributed by atoms with Crippen LogP contribution in [0.4, 0.5) is 0 Å². The van der Waals surface area contributed by atoms with Crippen molar-refractivity contribution in [1.82, 2.24) is 0 Å². The van der Waals surface area contributed by atoms with Gasteiger partial charge in [0, 0.05) is 25.0 Å². The van der Waals surface area contributed by atoms with Gasteiger partial charge in [0.05, 0.1) is 40.4 Å². The molecule has 3 heteroatoms. The van der Waals surface area contributed by atoms with Crippen LogP contribution in [0.1, 0.15) is 194 Å². The van der Waals surface area contributed by atoms with Crippen LogP contribution in [0.25, 0.3) is 0 Å². The Labute approximate surface area is 296 Å². The van der Waals surface area contributed by atoms with Gasteiger partial charge in [-0.2, -0.15) is 0 Å². The van der Waals surface area contributed by atoms with Gasteiger partial charge in [-0.05, 0) is 64.2 Å². The number of allylic oxidation sites excluding steroid dienone is 4. The lowest BCUT2D eigenvalue weighted by molar-refractivity contribution is -0.880. The van der Waals surface area contributed by atoms with Gasteiger partial charge in [-0.1, -0.05) is 154 Å². The van der Waals surface area contributed by atoms with E-state index < -0.39 is 0 Å². The number of hydrogen-bond acceptors (Lipinski definition) is 2. The second-order valence-electron chi connectivity index (χ2n) is 15.8. The number of ether oxygens (including phenoxy) is 2. The molecule has 1 aliphatic rings. The normalized spacial score (nSPS) is 18.0. The van der Waals surface area contributed by atoms with Crippen LogP contribution in [0, 0.1) is 11.8 Å². The summed E-state index contributed by atoms with van der Waals surface area (Å²) in [5.74, 6) is 1.30. The van der Waals surface area contributed by atoms with Crippen molar-refractivity contribution in [2.75, 3.05) is 53.6 Å². The summed E-state index contributed by atoms with van der Waals surface area (Å²) < 4.78 is 13.6. The third kappa shape index (κ3) is 30.0. The van der Waals surface area contributed by atoms with E-state index in [1.54, 1.807) is 0 Å². The van der Waals surface area contributed by atoms with E-state index in [0.29, 0.717) is 11.8 Å². The minimum Gasteiger partial charge on any atom is -0.381 e. The fourth-order valence-corrected chi connectivity index (χ4v) is 7.39. The molecule has 1 saturated heterocycles. The average molecular weight is 661 g/mol. The van der Waals surface area contributed by atoms with Crippen molar-refractivity contribution in [3.63, 3.8) is 0 Å². The lowest BCUT2D eigenvalue weighted by Crippen LogP contribution is -2.37. The van der Waals surface area contributed by atoms with E-state index in [9.17, 15) is 0 Å². The highest BCUT2D eigenvalue weighted by Crippen LogP contribution is 2.28. The highest BCUT2D eigenvalue weighted by Gasteiger charge is 2.40. The van der Waals surface area contributed by atoms with Gasteiger partial charge in [0.25, 0.3) is 0 Å². The number of rotatable bonds is 36. The van der Waals surface area contributed by atoms with E-state index in [-0.39, 0.29) is 0 Å². The van der Waals surface area contributed by atoms with Gasteiger partial charge < -0.3 is 14.0 Å². The van der Waals surface area contributed by atoms with E-state index in [1.165, 1.54) is 193 Å². The van der Waals surface area contributed by atoms with Gasteiger partial charge in [0.2, 0.25) is 0 Å². The standard InChI is InChI=1S/C44H86NO2/c1-5-7-9-11-13-15-17-19-21-23-25-27-29-31-33-35-37-46-41-43-39-45(3,4)40-44(43)42-47-38-36-34-32-30-28-26-24-22-20-18-16-14-12-10-8-6-2/h19-22,43-44H,5-18,23-42H2,1-4H3/q+1/b21-19-,22-20-/t43-,44-/m0/s1. The highest BCUT2D eigenvalue weighted by atomic mass is 16.5. The van der Waals surface area contributed by atoms with Crippen LogP contribution < -0.4 is 0 Å². The maximum atomic E-state index is 6.22. The Balaban J connectivity index is 1.91. The van der Waals surface area contributed by atoms with Crippen molar-refractivity contribution in [1.29, 1.82) is 0 Å². The first-order valence-corrected chi connectivity index (χ1v) is 21.4. The van der Waals surface area contributed by atoms with Crippen molar-refractivity contribution < 1.29 is 14.0 Å². The molecule has 0 spiro atoms. The zero-order valence-electron chi connectivity index (χ0n) is 32.8. The summed E-state index contributed by atoms with van der Waals surface area (Å²) >= 11 is 0. The molecule has 0 aliphatic carbocycles. The Kier molecular flexibility index (Phi) is 32.0. The van der Waals surface area contributed by atoms with Crippen molar-refractivity contribution in [2.45, 2.75) is 194 Å². The molecule has 1 fully saturated rings. The van der Waals surface area contributed by atoms with E-state index in [1.807, 2.05) is 0 Å². The summed E-state index contributed by atoms with van der Waals surface area (Å²) in [6.45, 7) is 10.8. The quantitative estimate of drug-likeness (QED) is 0.0378. The van der Waals surface area contributed by atoms with Crippen molar-refractivity contribution in [3.05, 3.63) is 24.3 Å². The summed E-state index contributed by atoms with van der Waals surface area (Å²) in [5, 5.41) is 0. The molecule has 0 amide bonds. The van der Waals surface area contributed by atoms with E-state index in [4.69, 9.17) is 9.47 Å². The van der Waals surface area contributed by atoms with Crippen LogP contribution in [0.5, 0.6) is 0 Å². The Morgan fingerprint density at radius 1 is 0.404 bits per heavy atom. The molecule has 1 rings (SSSR count). The molecule has 0 aromatic carbocycles. The monoisotopic (exact) mass is 661 g/mol. The summed E-state index contributed by atoms with van der Waals surface area (Å²) in [6.07, 6.45) is 47.8. The predicted molar refractivity (Wildman–Crippen MR) is 209 cm³/mol. The minimum absolute atomic E-state index is 0.652. The van der Waals surface area contributed by atoms with Crippen LogP contribution in [-0.2, 0) is 9.47 Å². The predicted octanol–water partition coefficient (Wildman–Crippen LogP) is 13.4. The van der Waals surface area contributed by atoms with Gasteiger partial charge in [0.15, 0.2) is 0 Å². The van der Waals surface area contributed by atoms with Crippen LogP contribution in [0.2, 0.25) is 0 Å². The second kappa shape index (κ2) is 33.8. The van der Waals surface area contributed by atoms with Crippen molar-refractivity contribution in [2.24, 2.45) is 11.8 Å². The van der Waals surface area contributed by atoms with Crippen molar-refractivity contribution in [3.8, 4) is 0 Å². The topological polar surface area (TPSA) is 18.5 Å². The molecule has 0 aromatic rings. The van der Waals surface area contributed by atoms with Gasteiger partial charge in [0.1, 0.15) is 0 Å². The molecule has 0 bridgehead atoms. The van der Waals surface area contributed by atoms with E-state index in [0.717, 1.165) is 30.9 Å². The first-order chi connectivity index (χ1) is 23.1. The average Bonchev–Trinajstić information content (AvgIpc) is 3.36. The Morgan fingerprint density at radius 3 is 1.00 bits per heavy atom. The fourth-order valence-electron chi connectivity index (χ4n) is 7.39. The Bertz CT molecular complexity index is 630. The van der Waals surface area contributed by atoms with Crippen LogP contribution in [-0.4, -0.2) is 58.1 Å². The smallest absolute Gasteiger partial charge is 0.0839 e. The molecule has 3 nitrogen and oxygen atoms in total. The second-order valence-corrected chi connectivity index (χ2v) is 15.8. The number of unbranched alkanes of at least 4 members (excludes halogenated alkanes) is 24. The summed E-state index contributed by atoms with van der Waals surface area (Å²) in [6, 6.07) is 0. The van der Waals surface area contributed by atoms with E-state index in [2.05, 4.69) is 52.2 Å². The molecular formula is C44H86NO2+. The van der Waals surface area contributed by atoms with Crippen LogP contribution >= 0.6 is 0 Å². The van der Waals surface area contributed by atoms with Gasteiger partial charge in [-0.3, -0.25) is 0 Å². The third-order valence-electron chi connectivity index (χ3n) is 10.4. The van der Waals surface area contributed by atoms with Crippen LogP contribution in [0.3, 0.4) is 0 Å². The molecule has 47 heavy (non-hydrogen) atoms. The number of nitrogens with zero attached hydrogens (tertiary/aromatic N) is 1. The SMILES string of the molecule is CCCCCCCC/C=C\CCCCCCCCOC[C@@H]1C[N+](C)(C)C[C@H]1COCCCCCCCC/C=C\CCCCCCCC. The molecule has 0 saturated carbocycles. The molecular weight excluding hydrogens is 574 g/mol. The molecule has 0 radical (unpaired) electrons. The maximum Gasteiger partial charge on any atom is 0.0839 e. The number of quaternary nitrogens is 1. The van der Waals surface area contributed by atoms with Gasteiger partial charge in [-0.15, -0.1) is 0 Å². The molecule has 0 aromatic heterocycles. The zero-order chi connectivity index (χ0) is 33.9. The summed E-state index contributed by atoms with van der Waals surface area (Å²) in [7, 11) is 4.76. The molecule has 2 atom stereocenters. The van der Waals surface area contributed by atoms with Crippen molar-refractivity contribution >= 4 is 0 Å². The third-order valence-corrected chi connectivity index (χ3v) is 10.4. The molecule has 0 N–H and O–H groups in total. The lowest BCUT2D eigenvalue weighted by atomic mass is 9.98. The molecule has 1 heterocycles. The summed E-state index contributed by atoms with van der Waals surface area (Å²) in [5.41, 5.74) is 0. The Morgan fingerprint density at radius 2 is 0.681 bits per heavy atom. The van der Waals surface area contributed by atoms with E-state index >= 15 is 0 Å². The number of hydrogen-bond donors (Lipinski definition) is 0. The Hall–Kier alpha value is -0.640. The largest absolute Gasteiger partial charge is 0.381 e. The van der Waals surface area contributed by atoms with Crippen LogP contribution in [0.15, 0.2) is 24.3 Å². The first-order valence-electron chi connectivity index (χ1n) is 21.4. The molecule has 1 aliphatic heterocycles. The highest BCUT2D eigenvalue weighted by molar-refractivity contribution is 4.82. The maximum absolute atomic E-state index is 6.22. The minimum atomic E-state index is 0.652. The van der Waals surface area contributed by atoms with Gasteiger partial charge in [-0.25, -0.2) is 0 Å². The molecule has 278 valence electrons. The summed E-state index contributed by atoms with van der Waals surface area (Å²) in [4.78, 5) is 0. The fraction of sp³-hybridized carbons (Fsp3) is 0.909. The first kappa shape index (κ1) is 44.4. The van der Waals surface area contributed by atoms with Gasteiger partial charge >= 0.3 is 0 Å². The molecule has 0 unspecified atom stereocenters. The number of likely N-dealkylation sites (tertiary alicyclic amines) is 1. The lowest BCUT2D eigenvalue weighted by Gasteiger charge is -2.23. The zero-order valence-corrected chi connectivity index (χ0v) is 32.8.